The Balaban J connectivity index is 1.70. The lowest BCUT2D eigenvalue weighted by Crippen LogP contribution is -2.34. The van der Waals surface area contributed by atoms with Crippen molar-refractivity contribution in [1.82, 2.24) is 4.90 Å². The van der Waals surface area contributed by atoms with Gasteiger partial charge in [0.05, 0.1) is 5.02 Å². The number of halogens is 2. The smallest absolute Gasteiger partial charge is 0.410 e. The maximum atomic E-state index is 13.3. The number of hydrogen-bond acceptors (Lipinski definition) is 2. The van der Waals surface area contributed by atoms with Crippen LogP contribution in [-0.2, 0) is 0 Å². The Bertz CT molecular complexity index is 733. The van der Waals surface area contributed by atoms with E-state index in [-0.39, 0.29) is 10.9 Å². The SMILES string of the molecule is O=C(Oc1ccccc1)N1C=CC[C@@H](c2ccc(F)c(Cl)c2)C1. The van der Waals surface area contributed by atoms with E-state index in [9.17, 15) is 9.18 Å². The van der Waals surface area contributed by atoms with E-state index in [1.54, 1.807) is 42.6 Å². The van der Waals surface area contributed by atoms with E-state index >= 15 is 0 Å². The summed E-state index contributed by atoms with van der Waals surface area (Å²) in [5, 5.41) is 0.0930. The maximum absolute atomic E-state index is 13.3. The molecule has 3 rings (SSSR count). The summed E-state index contributed by atoms with van der Waals surface area (Å²) in [5.41, 5.74) is 0.901. The molecular formula is C18H15ClFNO2. The van der Waals surface area contributed by atoms with Gasteiger partial charge in [-0.25, -0.2) is 9.18 Å². The molecule has 5 heteroatoms. The normalized spacial score (nSPS) is 17.1. The average Bonchev–Trinajstić information content (AvgIpc) is 2.58. The van der Waals surface area contributed by atoms with Crippen LogP contribution in [0.5, 0.6) is 5.75 Å². The van der Waals surface area contributed by atoms with Gasteiger partial charge in [0.1, 0.15) is 11.6 Å². The highest BCUT2D eigenvalue weighted by Crippen LogP contribution is 2.28. The van der Waals surface area contributed by atoms with Gasteiger partial charge >= 0.3 is 6.09 Å². The minimum absolute atomic E-state index is 0.0569. The van der Waals surface area contributed by atoms with Crippen molar-refractivity contribution in [2.45, 2.75) is 12.3 Å². The van der Waals surface area contributed by atoms with Gasteiger partial charge in [-0.1, -0.05) is 41.9 Å². The first-order valence-electron chi connectivity index (χ1n) is 7.28. The number of rotatable bonds is 2. The second-order valence-electron chi connectivity index (χ2n) is 5.32. The number of benzene rings is 2. The molecule has 1 amide bonds. The van der Waals surface area contributed by atoms with Gasteiger partial charge in [-0.05, 0) is 36.2 Å². The lowest BCUT2D eigenvalue weighted by atomic mass is 9.93. The molecule has 0 saturated heterocycles. The van der Waals surface area contributed by atoms with Crippen LogP contribution in [0.25, 0.3) is 0 Å². The third-order valence-electron chi connectivity index (χ3n) is 3.72. The van der Waals surface area contributed by atoms with Crippen molar-refractivity contribution in [2.24, 2.45) is 0 Å². The van der Waals surface area contributed by atoms with E-state index in [2.05, 4.69) is 0 Å². The predicted octanol–water partition coefficient (Wildman–Crippen LogP) is 4.98. The van der Waals surface area contributed by atoms with E-state index in [1.807, 2.05) is 12.1 Å². The summed E-state index contributed by atoms with van der Waals surface area (Å²) in [6, 6.07) is 13.6. The van der Waals surface area contributed by atoms with Crippen LogP contribution in [0.1, 0.15) is 17.9 Å². The molecule has 0 aliphatic carbocycles. The van der Waals surface area contributed by atoms with Crippen LogP contribution in [0.4, 0.5) is 9.18 Å². The number of allylic oxidation sites excluding steroid dienone is 1. The van der Waals surface area contributed by atoms with Crippen molar-refractivity contribution in [3.63, 3.8) is 0 Å². The number of carbonyl (C=O) groups is 1. The van der Waals surface area contributed by atoms with E-state index in [4.69, 9.17) is 16.3 Å². The van der Waals surface area contributed by atoms with Crippen LogP contribution in [0.2, 0.25) is 5.02 Å². The second-order valence-corrected chi connectivity index (χ2v) is 5.73. The molecule has 0 saturated carbocycles. The highest BCUT2D eigenvalue weighted by atomic mass is 35.5. The summed E-state index contributed by atoms with van der Waals surface area (Å²) in [6.45, 7) is 0.462. The van der Waals surface area contributed by atoms with E-state index in [0.29, 0.717) is 12.3 Å². The van der Waals surface area contributed by atoms with Gasteiger partial charge in [-0.2, -0.15) is 0 Å². The van der Waals surface area contributed by atoms with Crippen molar-refractivity contribution in [1.29, 1.82) is 0 Å². The zero-order valence-corrected chi connectivity index (χ0v) is 13.0. The first-order valence-corrected chi connectivity index (χ1v) is 7.66. The number of amides is 1. The summed E-state index contributed by atoms with van der Waals surface area (Å²) >= 11 is 5.84. The molecule has 1 heterocycles. The summed E-state index contributed by atoms with van der Waals surface area (Å²) in [4.78, 5) is 13.7. The lowest BCUT2D eigenvalue weighted by Gasteiger charge is -2.27. The number of hydrogen-bond donors (Lipinski definition) is 0. The van der Waals surface area contributed by atoms with Gasteiger partial charge in [0.25, 0.3) is 0 Å². The van der Waals surface area contributed by atoms with Crippen molar-refractivity contribution < 1.29 is 13.9 Å². The van der Waals surface area contributed by atoms with Crippen molar-refractivity contribution in [3.05, 3.63) is 77.2 Å². The zero-order valence-electron chi connectivity index (χ0n) is 12.3. The Kier molecular flexibility index (Phi) is 4.63. The molecule has 3 nitrogen and oxygen atoms in total. The molecule has 0 radical (unpaired) electrons. The van der Waals surface area contributed by atoms with Crippen LogP contribution in [0.15, 0.2) is 60.8 Å². The lowest BCUT2D eigenvalue weighted by molar-refractivity contribution is 0.165. The molecule has 0 fully saturated rings. The van der Waals surface area contributed by atoms with Crippen LogP contribution in [0, 0.1) is 5.82 Å². The highest BCUT2D eigenvalue weighted by Gasteiger charge is 2.23. The van der Waals surface area contributed by atoms with E-state index in [0.717, 1.165) is 12.0 Å². The first-order chi connectivity index (χ1) is 11.1. The second kappa shape index (κ2) is 6.84. The maximum Gasteiger partial charge on any atom is 0.419 e. The summed E-state index contributed by atoms with van der Waals surface area (Å²) in [6.07, 6.45) is 3.94. The van der Waals surface area contributed by atoms with Crippen molar-refractivity contribution >= 4 is 17.7 Å². The molecule has 0 N–H and O–H groups in total. The van der Waals surface area contributed by atoms with Crippen molar-refractivity contribution in [2.75, 3.05) is 6.54 Å². The number of para-hydroxylation sites is 1. The van der Waals surface area contributed by atoms with Crippen LogP contribution in [-0.4, -0.2) is 17.5 Å². The minimum atomic E-state index is -0.442. The van der Waals surface area contributed by atoms with Gasteiger partial charge in [0, 0.05) is 18.7 Å². The average molecular weight is 332 g/mol. The number of ether oxygens (including phenoxy) is 1. The molecule has 1 aliphatic heterocycles. The molecule has 2 aromatic carbocycles. The molecule has 0 bridgehead atoms. The molecule has 118 valence electrons. The third kappa shape index (κ3) is 3.71. The molecule has 2 aromatic rings. The standard InChI is InChI=1S/C18H15ClFNO2/c19-16-11-13(8-9-17(16)20)14-5-4-10-21(12-14)18(22)23-15-6-2-1-3-7-15/h1-4,6-11,14H,5,12H2/t14-/m1/s1. The quantitative estimate of drug-likeness (QED) is 0.776. The Hall–Kier alpha value is -2.33. The number of nitrogens with zero attached hydrogens (tertiary/aromatic N) is 1. The fourth-order valence-electron chi connectivity index (χ4n) is 2.52. The Morgan fingerprint density at radius 1 is 1.22 bits per heavy atom. The molecular weight excluding hydrogens is 317 g/mol. The highest BCUT2D eigenvalue weighted by molar-refractivity contribution is 6.30. The molecule has 1 atom stereocenters. The topological polar surface area (TPSA) is 29.5 Å². The van der Waals surface area contributed by atoms with Crippen LogP contribution in [0.3, 0.4) is 0 Å². The number of carbonyl (C=O) groups excluding carboxylic acids is 1. The minimum Gasteiger partial charge on any atom is -0.410 e. The summed E-state index contributed by atoms with van der Waals surface area (Å²) in [5.74, 6) is 0.112. The predicted molar refractivity (Wildman–Crippen MR) is 87.1 cm³/mol. The summed E-state index contributed by atoms with van der Waals surface area (Å²) in [7, 11) is 0. The fraction of sp³-hybridized carbons (Fsp3) is 0.167. The van der Waals surface area contributed by atoms with Crippen LogP contribution >= 0.6 is 11.6 Å². The molecule has 23 heavy (non-hydrogen) atoms. The van der Waals surface area contributed by atoms with Crippen molar-refractivity contribution in [3.8, 4) is 5.75 Å². The Morgan fingerprint density at radius 3 is 2.74 bits per heavy atom. The largest absolute Gasteiger partial charge is 0.419 e. The van der Waals surface area contributed by atoms with Gasteiger partial charge in [-0.3, -0.25) is 4.90 Å². The molecule has 0 spiro atoms. The molecule has 0 aromatic heterocycles. The molecule has 1 aliphatic rings. The van der Waals surface area contributed by atoms with Gasteiger partial charge in [0.15, 0.2) is 0 Å². The van der Waals surface area contributed by atoms with Gasteiger partial charge < -0.3 is 4.74 Å². The summed E-state index contributed by atoms with van der Waals surface area (Å²) < 4.78 is 18.6. The monoisotopic (exact) mass is 331 g/mol. The van der Waals surface area contributed by atoms with Crippen LogP contribution < -0.4 is 4.74 Å². The fourth-order valence-corrected chi connectivity index (χ4v) is 2.71. The Labute approximate surface area is 138 Å². The van der Waals surface area contributed by atoms with E-state index in [1.165, 1.54) is 11.0 Å². The zero-order chi connectivity index (χ0) is 16.2. The molecule has 0 unspecified atom stereocenters. The third-order valence-corrected chi connectivity index (χ3v) is 4.01. The van der Waals surface area contributed by atoms with Gasteiger partial charge in [0.2, 0.25) is 0 Å². The first kappa shape index (κ1) is 15.6. The Morgan fingerprint density at radius 2 is 2.00 bits per heavy atom. The van der Waals surface area contributed by atoms with E-state index < -0.39 is 11.9 Å². The van der Waals surface area contributed by atoms with Gasteiger partial charge in [-0.15, -0.1) is 0 Å².